The van der Waals surface area contributed by atoms with Crippen LogP contribution in [-0.2, 0) is 22.4 Å². The highest BCUT2D eigenvalue weighted by atomic mass is 28.4. The van der Waals surface area contributed by atoms with E-state index in [9.17, 15) is 5.11 Å². The molecule has 0 bridgehead atoms. The summed E-state index contributed by atoms with van der Waals surface area (Å²) in [4.78, 5) is 0. The lowest BCUT2D eigenvalue weighted by atomic mass is 9.81. The second-order valence-electron chi connectivity index (χ2n) is 12.3. The molecular formula is C30H41O2Si. The fraction of sp³-hybridized carbons (Fsp3) is 0.467. The van der Waals surface area contributed by atoms with Crippen LogP contribution in [0.3, 0.4) is 0 Å². The van der Waals surface area contributed by atoms with Gasteiger partial charge in [-0.15, -0.1) is 0 Å². The summed E-state index contributed by atoms with van der Waals surface area (Å²) in [7, 11) is -2.10. The summed E-state index contributed by atoms with van der Waals surface area (Å²) in [6.07, 6.45) is 9.33. The molecule has 2 aromatic rings. The first-order valence-electron chi connectivity index (χ1n) is 12.1. The Kier molecular flexibility index (Phi) is 6.79. The Bertz CT molecular complexity index is 1080. The number of allylic oxidation sites excluding steroid dienone is 4. The Hall–Kier alpha value is -2.26. The van der Waals surface area contributed by atoms with Gasteiger partial charge in [-0.1, -0.05) is 101 Å². The topological polar surface area (TPSA) is 29.1 Å². The largest absolute Gasteiger partial charge is 0.543 e. The Labute approximate surface area is 202 Å². The summed E-state index contributed by atoms with van der Waals surface area (Å²) in [6.45, 7) is 21.9. The summed E-state index contributed by atoms with van der Waals surface area (Å²) in [5, 5.41) is 13.5. The average molecular weight is 462 g/mol. The lowest BCUT2D eigenvalue weighted by molar-refractivity contribution is 0.336. The lowest BCUT2D eigenvalue weighted by Crippen LogP contribution is -2.39. The summed E-state index contributed by atoms with van der Waals surface area (Å²) in [6, 6.07) is 8.59. The van der Waals surface area contributed by atoms with Crippen molar-refractivity contribution in [3.8, 4) is 11.5 Å². The van der Waals surface area contributed by atoms with Crippen LogP contribution in [0.15, 0.2) is 48.6 Å². The van der Waals surface area contributed by atoms with Gasteiger partial charge in [-0.2, -0.15) is 0 Å². The van der Waals surface area contributed by atoms with Crippen LogP contribution in [0, 0.1) is 13.8 Å². The smallest absolute Gasteiger partial charge is 0.255 e. The predicted molar refractivity (Wildman–Crippen MR) is 143 cm³/mol. The maximum absolute atomic E-state index is 13.5. The molecule has 3 rings (SSSR count). The van der Waals surface area contributed by atoms with Gasteiger partial charge in [0.05, 0.1) is 0 Å². The van der Waals surface area contributed by atoms with E-state index in [1.165, 1.54) is 11.1 Å². The summed E-state index contributed by atoms with van der Waals surface area (Å²) >= 11 is 0. The second kappa shape index (κ2) is 8.83. The van der Waals surface area contributed by atoms with E-state index in [0.29, 0.717) is 12.0 Å². The third-order valence-corrected chi connectivity index (χ3v) is 9.25. The molecule has 0 aromatic heterocycles. The standard InChI is InChI=1S/C30H41O2Si/c1-20-15-22(27(31)25(17-20)29(3,4)5)19-23-16-21(2)18-26(30(6,7)8)28(23)32-33(9,10)24-13-11-12-14-24/h11-18,24H,19H2,1-10H3. The van der Waals surface area contributed by atoms with E-state index in [4.69, 9.17) is 4.43 Å². The number of rotatable bonds is 5. The lowest BCUT2D eigenvalue weighted by Gasteiger charge is -2.34. The van der Waals surface area contributed by atoms with E-state index < -0.39 is 8.32 Å². The zero-order chi connectivity index (χ0) is 24.8. The highest BCUT2D eigenvalue weighted by Gasteiger charge is 2.36. The van der Waals surface area contributed by atoms with Gasteiger partial charge in [0.25, 0.3) is 8.32 Å². The molecule has 0 unspecified atom stereocenters. The van der Waals surface area contributed by atoms with Crippen LogP contribution >= 0.6 is 0 Å². The van der Waals surface area contributed by atoms with Crippen LogP contribution < -0.4 is 4.43 Å². The molecule has 0 saturated heterocycles. The van der Waals surface area contributed by atoms with Crippen molar-refractivity contribution >= 4 is 8.32 Å². The van der Waals surface area contributed by atoms with Crippen molar-refractivity contribution in [2.45, 2.75) is 91.3 Å². The molecule has 3 heteroatoms. The van der Waals surface area contributed by atoms with Gasteiger partial charge < -0.3 is 4.43 Å². The molecule has 0 N–H and O–H groups in total. The van der Waals surface area contributed by atoms with Gasteiger partial charge in [-0.05, 0) is 48.9 Å². The predicted octanol–water partition coefficient (Wildman–Crippen LogP) is 8.71. The summed E-state index contributed by atoms with van der Waals surface area (Å²) in [5.74, 6) is 1.15. The van der Waals surface area contributed by atoms with Crippen LogP contribution in [0.5, 0.6) is 11.5 Å². The van der Waals surface area contributed by atoms with Gasteiger partial charge in [0.2, 0.25) is 0 Å². The van der Waals surface area contributed by atoms with Crippen molar-refractivity contribution in [3.05, 3.63) is 82.0 Å². The van der Waals surface area contributed by atoms with Gasteiger partial charge in [0.15, 0.2) is 5.75 Å². The monoisotopic (exact) mass is 461 g/mol. The number of hydrogen-bond donors (Lipinski definition) is 0. The van der Waals surface area contributed by atoms with E-state index in [0.717, 1.165) is 28.0 Å². The molecule has 0 amide bonds. The maximum Gasteiger partial charge on any atom is 0.255 e. The molecular weight excluding hydrogens is 420 g/mol. The van der Waals surface area contributed by atoms with Crippen molar-refractivity contribution in [2.24, 2.45) is 0 Å². The summed E-state index contributed by atoms with van der Waals surface area (Å²) in [5.41, 5.74) is 6.53. The molecule has 2 aromatic carbocycles. The molecule has 177 valence electrons. The van der Waals surface area contributed by atoms with E-state index >= 15 is 0 Å². The third kappa shape index (κ3) is 5.63. The van der Waals surface area contributed by atoms with Crippen LogP contribution in [0.2, 0.25) is 18.6 Å². The Morgan fingerprint density at radius 1 is 0.788 bits per heavy atom. The van der Waals surface area contributed by atoms with E-state index in [1.54, 1.807) is 0 Å². The Balaban J connectivity index is 2.17. The normalized spacial score (nSPS) is 14.8. The highest BCUT2D eigenvalue weighted by Crippen LogP contribution is 2.42. The average Bonchev–Trinajstić information content (AvgIpc) is 3.20. The van der Waals surface area contributed by atoms with Crippen LogP contribution in [0.1, 0.15) is 74.9 Å². The molecule has 33 heavy (non-hydrogen) atoms. The fourth-order valence-corrected chi connectivity index (χ4v) is 6.68. The maximum atomic E-state index is 13.5. The Morgan fingerprint density at radius 2 is 1.27 bits per heavy atom. The minimum atomic E-state index is -2.10. The molecule has 2 nitrogen and oxygen atoms in total. The second-order valence-corrected chi connectivity index (χ2v) is 16.4. The molecule has 0 spiro atoms. The molecule has 0 fully saturated rings. The van der Waals surface area contributed by atoms with Gasteiger partial charge in [0.1, 0.15) is 5.75 Å². The molecule has 1 radical (unpaired) electrons. The highest BCUT2D eigenvalue weighted by molar-refractivity contribution is 6.74. The fourth-order valence-electron chi connectivity index (χ4n) is 4.63. The van der Waals surface area contributed by atoms with Gasteiger partial charge >= 0.3 is 0 Å². The number of benzene rings is 2. The molecule has 0 saturated carbocycles. The quantitative estimate of drug-likeness (QED) is 0.409. The van der Waals surface area contributed by atoms with Crippen molar-refractivity contribution in [3.63, 3.8) is 0 Å². The van der Waals surface area contributed by atoms with Crippen molar-refractivity contribution in [2.75, 3.05) is 0 Å². The van der Waals surface area contributed by atoms with Crippen LogP contribution in [0.25, 0.3) is 0 Å². The van der Waals surface area contributed by atoms with E-state index in [-0.39, 0.29) is 16.6 Å². The van der Waals surface area contributed by atoms with Crippen molar-refractivity contribution < 1.29 is 9.53 Å². The molecule has 1 aliphatic rings. The summed E-state index contributed by atoms with van der Waals surface area (Å²) < 4.78 is 7.00. The van der Waals surface area contributed by atoms with Crippen LogP contribution in [-0.4, -0.2) is 8.32 Å². The van der Waals surface area contributed by atoms with Gasteiger partial charge in [0, 0.05) is 23.1 Å². The number of aryl methyl sites for hydroxylation is 2. The molecule has 1 aliphatic carbocycles. The van der Waals surface area contributed by atoms with Crippen LogP contribution in [0.4, 0.5) is 0 Å². The molecule has 0 heterocycles. The van der Waals surface area contributed by atoms with E-state index in [1.807, 2.05) is 0 Å². The zero-order valence-electron chi connectivity index (χ0n) is 22.2. The minimum absolute atomic E-state index is 0.0641. The third-order valence-electron chi connectivity index (χ3n) is 6.53. The first-order chi connectivity index (χ1) is 15.1. The zero-order valence-corrected chi connectivity index (χ0v) is 23.2. The van der Waals surface area contributed by atoms with Crippen molar-refractivity contribution in [1.29, 1.82) is 0 Å². The molecule has 0 aliphatic heterocycles. The van der Waals surface area contributed by atoms with Crippen molar-refractivity contribution in [1.82, 2.24) is 0 Å². The first-order valence-corrected chi connectivity index (χ1v) is 15.1. The van der Waals surface area contributed by atoms with Gasteiger partial charge in [-0.25, -0.2) is 0 Å². The number of hydrogen-bond acceptors (Lipinski definition) is 1. The van der Waals surface area contributed by atoms with Gasteiger partial charge in [-0.3, -0.25) is 5.11 Å². The molecule has 0 atom stereocenters. The first kappa shape index (κ1) is 25.4. The minimum Gasteiger partial charge on any atom is -0.543 e. The SMILES string of the molecule is Cc1cc(Cc2cc(C)cc(C(C)(C)C)c2O[Si](C)(C)C2C=CC=C2)c([O])c(C(C)(C)C)c1. The van der Waals surface area contributed by atoms with E-state index in [2.05, 4.69) is 117 Å². The Morgan fingerprint density at radius 3 is 1.79 bits per heavy atom.